The molecule has 0 spiro atoms. The van der Waals surface area contributed by atoms with Crippen LogP contribution in [0, 0.1) is 0 Å². The highest BCUT2D eigenvalue weighted by atomic mass is 16.4. The van der Waals surface area contributed by atoms with Gasteiger partial charge < -0.3 is 20.0 Å². The van der Waals surface area contributed by atoms with Crippen LogP contribution in [-0.4, -0.2) is 64.0 Å². The summed E-state index contributed by atoms with van der Waals surface area (Å²) in [7, 11) is 1.53. The van der Waals surface area contributed by atoms with Gasteiger partial charge in [-0.25, -0.2) is 0 Å². The van der Waals surface area contributed by atoms with E-state index in [0.29, 0.717) is 19.4 Å². The predicted molar refractivity (Wildman–Crippen MR) is 82.1 cm³/mol. The fraction of sp³-hybridized carbons (Fsp3) is 0.438. The van der Waals surface area contributed by atoms with Gasteiger partial charge in [0.05, 0.1) is 12.0 Å². The molecule has 0 aliphatic carbocycles. The molecule has 1 saturated heterocycles. The highest BCUT2D eigenvalue weighted by molar-refractivity contribution is 5.99. The molecule has 1 atom stereocenters. The van der Waals surface area contributed by atoms with E-state index in [9.17, 15) is 19.5 Å². The average molecular weight is 320 g/mol. The number of aromatic hydroxyl groups is 1. The minimum Gasteiger partial charge on any atom is -0.507 e. The molecule has 0 radical (unpaired) electrons. The number of likely N-dealkylation sites (tertiary alicyclic amines) is 1. The number of phenolic OH excluding ortho intramolecular Hbond substituents is 1. The third-order valence-corrected chi connectivity index (χ3v) is 3.97. The third-order valence-electron chi connectivity index (χ3n) is 3.97. The number of rotatable bonds is 5. The van der Waals surface area contributed by atoms with Crippen LogP contribution in [0.5, 0.6) is 5.75 Å². The van der Waals surface area contributed by atoms with Gasteiger partial charge in [0.15, 0.2) is 0 Å². The Labute approximate surface area is 134 Å². The fourth-order valence-electron chi connectivity index (χ4n) is 2.70. The molecule has 2 N–H and O–H groups in total. The van der Waals surface area contributed by atoms with Crippen molar-refractivity contribution < 1.29 is 24.6 Å². The monoisotopic (exact) mass is 320 g/mol. The van der Waals surface area contributed by atoms with E-state index in [0.717, 1.165) is 0 Å². The maximum Gasteiger partial charge on any atom is 0.305 e. The smallest absolute Gasteiger partial charge is 0.305 e. The van der Waals surface area contributed by atoms with E-state index in [2.05, 4.69) is 0 Å². The lowest BCUT2D eigenvalue weighted by atomic mass is 10.1. The summed E-state index contributed by atoms with van der Waals surface area (Å²) in [5, 5.41) is 18.5. The highest BCUT2D eigenvalue weighted by Crippen LogP contribution is 2.25. The van der Waals surface area contributed by atoms with Gasteiger partial charge in [-0.3, -0.25) is 14.4 Å². The zero-order chi connectivity index (χ0) is 17.0. The van der Waals surface area contributed by atoms with E-state index >= 15 is 0 Å². The van der Waals surface area contributed by atoms with E-state index in [1.165, 1.54) is 29.0 Å². The summed E-state index contributed by atoms with van der Waals surface area (Å²) in [6.45, 7) is 0.541. The molecule has 7 nitrogen and oxygen atoms in total. The number of aliphatic carboxylic acids is 1. The van der Waals surface area contributed by atoms with Gasteiger partial charge in [0.1, 0.15) is 11.8 Å². The molecule has 23 heavy (non-hydrogen) atoms. The number of carbonyl (C=O) groups excluding carboxylic acids is 2. The van der Waals surface area contributed by atoms with Gasteiger partial charge in [0.25, 0.3) is 5.91 Å². The van der Waals surface area contributed by atoms with Crippen molar-refractivity contribution in [2.75, 3.05) is 20.1 Å². The summed E-state index contributed by atoms with van der Waals surface area (Å²) in [5.74, 6) is -1.74. The zero-order valence-electron chi connectivity index (χ0n) is 12.9. The number of carboxylic acid groups (broad SMARTS) is 1. The normalized spacial score (nSPS) is 17.1. The van der Waals surface area contributed by atoms with Crippen LogP contribution in [0.2, 0.25) is 0 Å². The van der Waals surface area contributed by atoms with Gasteiger partial charge in [-0.05, 0) is 25.0 Å². The second-order valence-electron chi connectivity index (χ2n) is 5.58. The highest BCUT2D eigenvalue weighted by Gasteiger charge is 2.36. The van der Waals surface area contributed by atoms with Crippen LogP contribution < -0.4 is 0 Å². The maximum atomic E-state index is 12.6. The number of phenols is 1. The third kappa shape index (κ3) is 3.80. The Balaban J connectivity index is 2.10. The second-order valence-corrected chi connectivity index (χ2v) is 5.58. The molecule has 0 bridgehead atoms. The van der Waals surface area contributed by atoms with Crippen molar-refractivity contribution in [2.45, 2.75) is 25.3 Å². The lowest BCUT2D eigenvalue weighted by molar-refractivity contribution is -0.139. The maximum absolute atomic E-state index is 12.6. The minimum absolute atomic E-state index is 0.100. The summed E-state index contributed by atoms with van der Waals surface area (Å²) in [5.41, 5.74) is 0.167. The number of hydrogen-bond donors (Lipinski definition) is 2. The molecule has 1 aromatic carbocycles. The largest absolute Gasteiger partial charge is 0.507 e. The quantitative estimate of drug-likeness (QED) is 0.841. The summed E-state index contributed by atoms with van der Waals surface area (Å²) in [6.07, 6.45) is 1.10. The Bertz CT molecular complexity index is 616. The summed E-state index contributed by atoms with van der Waals surface area (Å²) < 4.78 is 0. The van der Waals surface area contributed by atoms with Crippen molar-refractivity contribution >= 4 is 17.8 Å². The van der Waals surface area contributed by atoms with Gasteiger partial charge in [-0.1, -0.05) is 12.1 Å². The molecular formula is C16H20N2O5. The number of hydrogen-bond acceptors (Lipinski definition) is 4. The SMILES string of the molecule is CN(CCC(=O)O)C(=O)C1CCCN1C(=O)c1ccccc1O. The summed E-state index contributed by atoms with van der Waals surface area (Å²) in [4.78, 5) is 38.4. The van der Waals surface area contributed by atoms with Gasteiger partial charge in [-0.15, -0.1) is 0 Å². The average Bonchev–Trinajstić information content (AvgIpc) is 3.01. The molecule has 0 saturated carbocycles. The number of para-hydroxylation sites is 1. The minimum atomic E-state index is -0.974. The van der Waals surface area contributed by atoms with Crippen LogP contribution in [0.3, 0.4) is 0 Å². The van der Waals surface area contributed by atoms with Gasteiger partial charge in [0.2, 0.25) is 5.91 Å². The molecule has 1 fully saturated rings. The van der Waals surface area contributed by atoms with Crippen molar-refractivity contribution in [2.24, 2.45) is 0 Å². The van der Waals surface area contributed by atoms with Crippen LogP contribution in [0.1, 0.15) is 29.6 Å². The number of carboxylic acids is 1. The molecular weight excluding hydrogens is 300 g/mol. The van der Waals surface area contributed by atoms with Gasteiger partial charge >= 0.3 is 5.97 Å². The number of benzene rings is 1. The number of nitrogens with zero attached hydrogens (tertiary/aromatic N) is 2. The van der Waals surface area contributed by atoms with E-state index in [1.54, 1.807) is 12.1 Å². The molecule has 124 valence electrons. The van der Waals surface area contributed by atoms with E-state index in [1.807, 2.05) is 0 Å². The first-order valence-electron chi connectivity index (χ1n) is 7.47. The lowest BCUT2D eigenvalue weighted by Crippen LogP contribution is -2.47. The second kappa shape index (κ2) is 7.13. The van der Waals surface area contributed by atoms with Crippen LogP contribution in [-0.2, 0) is 9.59 Å². The molecule has 2 amide bonds. The van der Waals surface area contributed by atoms with Crippen molar-refractivity contribution in [3.05, 3.63) is 29.8 Å². The van der Waals surface area contributed by atoms with E-state index in [4.69, 9.17) is 5.11 Å². The summed E-state index contributed by atoms with van der Waals surface area (Å²) >= 11 is 0. The number of likely N-dealkylation sites (N-methyl/N-ethyl adjacent to an activating group) is 1. The molecule has 0 aromatic heterocycles. The Kier molecular flexibility index (Phi) is 5.20. The first-order chi connectivity index (χ1) is 10.9. The zero-order valence-corrected chi connectivity index (χ0v) is 12.9. The molecule has 1 aromatic rings. The van der Waals surface area contributed by atoms with Crippen LogP contribution in [0.4, 0.5) is 0 Å². The summed E-state index contributed by atoms with van der Waals surface area (Å²) in [6, 6.07) is 5.61. The predicted octanol–water partition coefficient (Wildman–Crippen LogP) is 0.930. The Morgan fingerprint density at radius 3 is 2.65 bits per heavy atom. The van der Waals surface area contributed by atoms with Gasteiger partial charge in [0, 0.05) is 20.1 Å². The first kappa shape index (κ1) is 16.8. The Morgan fingerprint density at radius 1 is 1.30 bits per heavy atom. The molecule has 7 heteroatoms. The molecule has 1 unspecified atom stereocenters. The van der Waals surface area contributed by atoms with Crippen molar-refractivity contribution in [3.63, 3.8) is 0 Å². The Morgan fingerprint density at radius 2 is 2.00 bits per heavy atom. The number of amides is 2. The lowest BCUT2D eigenvalue weighted by Gasteiger charge is -2.28. The van der Waals surface area contributed by atoms with Crippen LogP contribution in [0.25, 0.3) is 0 Å². The molecule has 2 rings (SSSR count). The van der Waals surface area contributed by atoms with Gasteiger partial charge in [-0.2, -0.15) is 0 Å². The number of carbonyl (C=O) groups is 3. The van der Waals surface area contributed by atoms with E-state index in [-0.39, 0.29) is 36.1 Å². The van der Waals surface area contributed by atoms with Crippen LogP contribution >= 0.6 is 0 Å². The van der Waals surface area contributed by atoms with E-state index < -0.39 is 12.0 Å². The molecule has 1 aliphatic heterocycles. The van der Waals surface area contributed by atoms with Crippen molar-refractivity contribution in [1.29, 1.82) is 0 Å². The van der Waals surface area contributed by atoms with Crippen molar-refractivity contribution in [1.82, 2.24) is 9.80 Å². The van der Waals surface area contributed by atoms with Crippen molar-refractivity contribution in [3.8, 4) is 5.75 Å². The topological polar surface area (TPSA) is 98.2 Å². The Hall–Kier alpha value is -2.57. The fourth-order valence-corrected chi connectivity index (χ4v) is 2.70. The first-order valence-corrected chi connectivity index (χ1v) is 7.47. The van der Waals surface area contributed by atoms with Crippen LogP contribution in [0.15, 0.2) is 24.3 Å². The standard InChI is InChI=1S/C16H20N2O5/c1-17(10-8-14(20)21)16(23)12-6-4-9-18(12)15(22)11-5-2-3-7-13(11)19/h2-3,5,7,12,19H,4,6,8-10H2,1H3,(H,20,21). The molecule has 1 heterocycles. The molecule has 1 aliphatic rings.